The number of aliphatic hydroxyl groups excluding tert-OH is 1. The summed E-state index contributed by atoms with van der Waals surface area (Å²) in [4.78, 5) is 8.67. The zero-order valence-electron chi connectivity index (χ0n) is 13.8. The Labute approximate surface area is 141 Å². The van der Waals surface area contributed by atoms with Crippen LogP contribution in [0.2, 0.25) is 0 Å². The van der Waals surface area contributed by atoms with E-state index in [2.05, 4.69) is 34.2 Å². The summed E-state index contributed by atoms with van der Waals surface area (Å²) in [5.74, 6) is 0.0652. The lowest BCUT2D eigenvalue weighted by atomic mass is 10.00. The average Bonchev–Trinajstić information content (AvgIpc) is 2.62. The number of aryl methyl sites for hydroxylation is 1. The molecule has 122 valence electrons. The maximum absolute atomic E-state index is 10.2. The van der Waals surface area contributed by atoms with Gasteiger partial charge in [0, 0.05) is 23.5 Å². The first-order chi connectivity index (χ1) is 11.6. The molecule has 1 heterocycles. The van der Waals surface area contributed by atoms with Crippen LogP contribution in [-0.4, -0.2) is 21.4 Å². The van der Waals surface area contributed by atoms with E-state index in [1.54, 1.807) is 19.3 Å². The summed E-state index contributed by atoms with van der Waals surface area (Å²) >= 11 is 0. The van der Waals surface area contributed by atoms with E-state index < -0.39 is 0 Å². The number of aliphatic imine (C=N–C) groups is 1. The van der Waals surface area contributed by atoms with Crippen LogP contribution in [0.4, 0.5) is 0 Å². The number of nitrogens with zero attached hydrogens (tertiary/aromatic N) is 2. The van der Waals surface area contributed by atoms with Crippen LogP contribution in [0.3, 0.4) is 0 Å². The predicted molar refractivity (Wildman–Crippen MR) is 96.5 cm³/mol. The summed E-state index contributed by atoms with van der Waals surface area (Å²) in [6.07, 6.45) is 3.20. The third kappa shape index (κ3) is 3.01. The van der Waals surface area contributed by atoms with E-state index in [1.807, 2.05) is 25.1 Å². The molecule has 4 heteroatoms. The second kappa shape index (κ2) is 6.81. The van der Waals surface area contributed by atoms with Crippen molar-refractivity contribution >= 4 is 17.0 Å². The monoisotopic (exact) mass is 320 g/mol. The Kier molecular flexibility index (Phi) is 4.58. The highest BCUT2D eigenvalue weighted by Crippen LogP contribution is 2.27. The average molecular weight is 320 g/mol. The van der Waals surface area contributed by atoms with E-state index in [4.69, 9.17) is 0 Å². The molecule has 0 aliphatic heterocycles. The van der Waals surface area contributed by atoms with Gasteiger partial charge in [-0.1, -0.05) is 42.5 Å². The Hall–Kier alpha value is -2.72. The van der Waals surface area contributed by atoms with Gasteiger partial charge in [-0.2, -0.15) is 0 Å². The molecule has 4 nitrogen and oxygen atoms in total. The van der Waals surface area contributed by atoms with Crippen molar-refractivity contribution in [1.82, 2.24) is 4.98 Å². The first-order valence-electron chi connectivity index (χ1n) is 7.91. The molecule has 3 aromatic rings. The van der Waals surface area contributed by atoms with Crippen molar-refractivity contribution in [3.8, 4) is 5.75 Å². The number of pyridine rings is 1. The number of benzene rings is 2. The Morgan fingerprint density at radius 3 is 2.71 bits per heavy atom. The smallest absolute Gasteiger partial charge is 0.145 e. The Bertz CT molecular complexity index is 898. The lowest BCUT2D eigenvalue weighted by Crippen LogP contribution is -1.99. The van der Waals surface area contributed by atoms with Gasteiger partial charge in [0.05, 0.1) is 18.3 Å². The van der Waals surface area contributed by atoms with Crippen LogP contribution >= 0.6 is 0 Å². The van der Waals surface area contributed by atoms with E-state index in [-0.39, 0.29) is 18.4 Å². The molecule has 0 aliphatic rings. The molecule has 0 unspecified atom stereocenters. The molecule has 2 N–H and O–H groups in total. The number of rotatable bonds is 4. The molecule has 3 rings (SSSR count). The number of aliphatic hydroxyl groups is 1. The molecular weight excluding hydrogens is 300 g/mol. The van der Waals surface area contributed by atoms with Gasteiger partial charge < -0.3 is 10.2 Å². The molecule has 0 fully saturated rings. The second-order valence-electron chi connectivity index (χ2n) is 5.81. The lowest BCUT2D eigenvalue weighted by molar-refractivity contribution is 0.280. The van der Waals surface area contributed by atoms with Gasteiger partial charge in [0.25, 0.3) is 0 Å². The van der Waals surface area contributed by atoms with Gasteiger partial charge >= 0.3 is 0 Å². The summed E-state index contributed by atoms with van der Waals surface area (Å²) in [6, 6.07) is 14.3. The van der Waals surface area contributed by atoms with Crippen LogP contribution in [-0.2, 0) is 6.61 Å². The molecule has 0 amide bonds. The standard InChI is InChI=1S/C20H20N2O2/c1-13(17-9-5-7-15-6-3-4-8-18(15)17)22-11-19-16(12-23)10-21-14(2)20(19)24/h3-11,13,23-24H,12H2,1-2H3/t13-/m1/s1. The molecule has 0 aliphatic carbocycles. The fourth-order valence-corrected chi connectivity index (χ4v) is 2.80. The Morgan fingerprint density at radius 2 is 1.92 bits per heavy atom. The fraction of sp³-hybridized carbons (Fsp3) is 0.200. The molecule has 24 heavy (non-hydrogen) atoms. The minimum absolute atomic E-state index is 0.0652. The summed E-state index contributed by atoms with van der Waals surface area (Å²) < 4.78 is 0. The number of aromatic nitrogens is 1. The zero-order chi connectivity index (χ0) is 17.1. The molecular formula is C20H20N2O2. The summed E-state index contributed by atoms with van der Waals surface area (Å²) in [7, 11) is 0. The van der Waals surface area contributed by atoms with Gasteiger partial charge in [-0.15, -0.1) is 0 Å². The van der Waals surface area contributed by atoms with E-state index in [1.165, 1.54) is 10.8 Å². The van der Waals surface area contributed by atoms with Gasteiger partial charge in [0.1, 0.15) is 5.75 Å². The van der Waals surface area contributed by atoms with Gasteiger partial charge in [0.15, 0.2) is 0 Å². The first-order valence-corrected chi connectivity index (χ1v) is 7.91. The van der Waals surface area contributed by atoms with Crippen molar-refractivity contribution in [3.63, 3.8) is 0 Å². The molecule has 1 aromatic heterocycles. The largest absolute Gasteiger partial charge is 0.505 e. The number of aromatic hydroxyl groups is 1. The number of hydrogen-bond acceptors (Lipinski definition) is 4. The maximum Gasteiger partial charge on any atom is 0.145 e. The quantitative estimate of drug-likeness (QED) is 0.716. The molecule has 0 radical (unpaired) electrons. The molecule has 2 aromatic carbocycles. The minimum Gasteiger partial charge on any atom is -0.505 e. The van der Waals surface area contributed by atoms with Crippen LogP contribution in [0.5, 0.6) is 5.75 Å². The second-order valence-corrected chi connectivity index (χ2v) is 5.81. The van der Waals surface area contributed by atoms with Crippen LogP contribution < -0.4 is 0 Å². The van der Waals surface area contributed by atoms with Crippen molar-refractivity contribution in [2.24, 2.45) is 4.99 Å². The van der Waals surface area contributed by atoms with Crippen molar-refractivity contribution in [2.75, 3.05) is 0 Å². The van der Waals surface area contributed by atoms with Crippen molar-refractivity contribution in [1.29, 1.82) is 0 Å². The van der Waals surface area contributed by atoms with Crippen molar-refractivity contribution in [2.45, 2.75) is 26.5 Å². The SMILES string of the molecule is Cc1ncc(CO)c(C=N[C@H](C)c2cccc3ccccc23)c1O. The molecule has 0 saturated heterocycles. The third-order valence-corrected chi connectivity index (χ3v) is 4.23. The highest BCUT2D eigenvalue weighted by atomic mass is 16.3. The predicted octanol–water partition coefficient (Wildman–Crippen LogP) is 3.92. The van der Waals surface area contributed by atoms with Gasteiger partial charge in [-0.3, -0.25) is 9.98 Å². The van der Waals surface area contributed by atoms with Crippen LogP contribution in [0.25, 0.3) is 10.8 Å². The Morgan fingerprint density at radius 1 is 1.17 bits per heavy atom. The summed E-state index contributed by atoms with van der Waals surface area (Å²) in [5, 5.41) is 22.0. The molecule has 1 atom stereocenters. The fourth-order valence-electron chi connectivity index (χ4n) is 2.80. The van der Waals surface area contributed by atoms with Crippen LogP contribution in [0.15, 0.2) is 53.7 Å². The number of hydrogen-bond donors (Lipinski definition) is 2. The van der Waals surface area contributed by atoms with E-state index in [9.17, 15) is 10.2 Å². The Balaban J connectivity index is 1.99. The topological polar surface area (TPSA) is 65.7 Å². The van der Waals surface area contributed by atoms with Crippen LogP contribution in [0, 0.1) is 6.92 Å². The van der Waals surface area contributed by atoms with Crippen molar-refractivity contribution < 1.29 is 10.2 Å². The van der Waals surface area contributed by atoms with Gasteiger partial charge in [-0.25, -0.2) is 0 Å². The zero-order valence-corrected chi connectivity index (χ0v) is 13.8. The molecule has 0 spiro atoms. The summed E-state index contributed by atoms with van der Waals surface area (Å²) in [5.41, 5.74) is 2.73. The van der Waals surface area contributed by atoms with E-state index in [0.717, 1.165) is 5.56 Å². The van der Waals surface area contributed by atoms with Gasteiger partial charge in [0.2, 0.25) is 0 Å². The maximum atomic E-state index is 10.2. The highest BCUT2D eigenvalue weighted by molar-refractivity contribution is 5.88. The van der Waals surface area contributed by atoms with E-state index >= 15 is 0 Å². The first kappa shape index (κ1) is 16.1. The normalized spacial score (nSPS) is 12.8. The minimum atomic E-state index is -0.190. The van der Waals surface area contributed by atoms with Gasteiger partial charge in [-0.05, 0) is 30.2 Å². The third-order valence-electron chi connectivity index (χ3n) is 4.23. The molecule has 0 bridgehead atoms. The lowest BCUT2D eigenvalue weighted by Gasteiger charge is -2.12. The number of fused-ring (bicyclic) bond motifs is 1. The van der Waals surface area contributed by atoms with Crippen LogP contribution in [0.1, 0.15) is 35.3 Å². The molecule has 0 saturated carbocycles. The highest BCUT2D eigenvalue weighted by Gasteiger charge is 2.11. The van der Waals surface area contributed by atoms with E-state index in [0.29, 0.717) is 16.8 Å². The summed E-state index contributed by atoms with van der Waals surface area (Å²) in [6.45, 7) is 3.55. The van der Waals surface area contributed by atoms with Crippen molar-refractivity contribution in [3.05, 3.63) is 71.0 Å².